The molecule has 1 aliphatic carbocycles. The molecule has 1 fully saturated rings. The zero-order valence-corrected chi connectivity index (χ0v) is 25.4. The van der Waals surface area contributed by atoms with E-state index >= 15 is 0 Å². The highest BCUT2D eigenvalue weighted by atomic mass is 28.4. The SMILES string of the molecule is CCOC(=O)c1cc2cccc(O[C@H](C)CO[Si](c3ccccc3)(c3ccccc3)C(C)(C)C)c2n1CC1CC1. The fourth-order valence-corrected chi connectivity index (χ4v) is 10.4. The van der Waals surface area contributed by atoms with Gasteiger partial charge in [-0.25, -0.2) is 4.79 Å². The Morgan fingerprint density at radius 3 is 2.12 bits per heavy atom. The predicted octanol–water partition coefficient (Wildman–Crippen LogP) is 6.57. The van der Waals surface area contributed by atoms with Crippen molar-refractivity contribution in [1.82, 2.24) is 4.57 Å². The van der Waals surface area contributed by atoms with Gasteiger partial charge in [0, 0.05) is 11.9 Å². The molecule has 6 heteroatoms. The fourth-order valence-electron chi connectivity index (χ4n) is 5.76. The summed E-state index contributed by atoms with van der Waals surface area (Å²) in [4.78, 5) is 12.8. The molecule has 3 aromatic carbocycles. The molecular formula is C34H41NO4Si. The van der Waals surface area contributed by atoms with Gasteiger partial charge in [-0.2, -0.15) is 0 Å². The maximum absolute atomic E-state index is 12.8. The lowest BCUT2D eigenvalue weighted by Crippen LogP contribution is -2.67. The Balaban J connectivity index is 1.47. The number of hydrogen-bond donors (Lipinski definition) is 0. The van der Waals surface area contributed by atoms with E-state index in [4.69, 9.17) is 13.9 Å². The van der Waals surface area contributed by atoms with Crippen molar-refractivity contribution in [1.29, 1.82) is 0 Å². The van der Waals surface area contributed by atoms with Gasteiger partial charge in [-0.05, 0) is 60.2 Å². The molecule has 5 nitrogen and oxygen atoms in total. The monoisotopic (exact) mass is 555 g/mol. The van der Waals surface area contributed by atoms with Gasteiger partial charge >= 0.3 is 5.97 Å². The van der Waals surface area contributed by atoms with Gasteiger partial charge in [0.1, 0.15) is 17.5 Å². The molecule has 0 amide bonds. The number of ether oxygens (including phenoxy) is 2. The fraction of sp³-hybridized carbons (Fsp3) is 0.382. The Labute approximate surface area is 239 Å². The molecule has 1 heterocycles. The van der Waals surface area contributed by atoms with Gasteiger partial charge in [0.05, 0.1) is 18.7 Å². The summed E-state index contributed by atoms with van der Waals surface area (Å²) in [6.45, 7) is 12.4. The van der Waals surface area contributed by atoms with Gasteiger partial charge in [0.2, 0.25) is 0 Å². The van der Waals surface area contributed by atoms with Crippen LogP contribution in [0.4, 0.5) is 0 Å². The van der Waals surface area contributed by atoms with Crippen LogP contribution in [0.2, 0.25) is 5.04 Å². The smallest absolute Gasteiger partial charge is 0.354 e. The molecule has 0 N–H and O–H groups in total. The number of aromatic nitrogens is 1. The van der Waals surface area contributed by atoms with Gasteiger partial charge in [-0.3, -0.25) is 0 Å². The van der Waals surface area contributed by atoms with Crippen LogP contribution >= 0.6 is 0 Å². The molecule has 0 radical (unpaired) electrons. The molecule has 0 spiro atoms. The van der Waals surface area contributed by atoms with Crippen LogP contribution in [-0.2, 0) is 15.7 Å². The number of nitrogens with zero attached hydrogens (tertiary/aromatic N) is 1. The van der Waals surface area contributed by atoms with Gasteiger partial charge in [-0.15, -0.1) is 0 Å². The lowest BCUT2D eigenvalue weighted by atomic mass is 10.2. The van der Waals surface area contributed by atoms with Gasteiger partial charge in [0.15, 0.2) is 0 Å². The molecule has 40 heavy (non-hydrogen) atoms. The Kier molecular flexibility index (Phi) is 8.20. The van der Waals surface area contributed by atoms with Crippen molar-refractivity contribution >= 4 is 35.6 Å². The first-order valence-electron chi connectivity index (χ1n) is 14.5. The quantitative estimate of drug-likeness (QED) is 0.155. The van der Waals surface area contributed by atoms with E-state index in [-0.39, 0.29) is 17.1 Å². The van der Waals surface area contributed by atoms with E-state index in [2.05, 4.69) is 92.9 Å². The number of hydrogen-bond acceptors (Lipinski definition) is 4. The van der Waals surface area contributed by atoms with Crippen molar-refractivity contribution in [2.24, 2.45) is 5.92 Å². The summed E-state index contributed by atoms with van der Waals surface area (Å²) in [6.07, 6.45) is 2.17. The lowest BCUT2D eigenvalue weighted by molar-refractivity contribution is 0.0514. The van der Waals surface area contributed by atoms with Crippen LogP contribution in [0.25, 0.3) is 10.9 Å². The molecule has 5 rings (SSSR count). The number of para-hydroxylation sites is 1. The zero-order chi connectivity index (χ0) is 28.3. The number of carbonyl (C=O) groups excluding carboxylic acids is 1. The first-order chi connectivity index (χ1) is 19.2. The third-order valence-corrected chi connectivity index (χ3v) is 12.8. The van der Waals surface area contributed by atoms with Crippen molar-refractivity contribution in [3.05, 3.63) is 90.6 Å². The van der Waals surface area contributed by atoms with Crippen LogP contribution in [0.3, 0.4) is 0 Å². The number of fused-ring (bicyclic) bond motifs is 1. The summed E-state index contributed by atoms with van der Waals surface area (Å²) >= 11 is 0. The van der Waals surface area contributed by atoms with Crippen LogP contribution in [0, 0.1) is 5.92 Å². The van der Waals surface area contributed by atoms with Gasteiger partial charge in [0.25, 0.3) is 8.32 Å². The largest absolute Gasteiger partial charge is 0.486 e. The highest BCUT2D eigenvalue weighted by Gasteiger charge is 2.50. The Bertz CT molecular complexity index is 1400. The maximum atomic E-state index is 12.8. The molecule has 0 saturated heterocycles. The minimum Gasteiger partial charge on any atom is -0.486 e. The van der Waals surface area contributed by atoms with E-state index in [0.717, 1.165) is 23.2 Å². The molecule has 0 unspecified atom stereocenters. The summed E-state index contributed by atoms with van der Waals surface area (Å²) < 4.78 is 21.3. The van der Waals surface area contributed by atoms with Crippen LogP contribution in [0.1, 0.15) is 57.9 Å². The third-order valence-electron chi connectivity index (χ3n) is 7.78. The van der Waals surface area contributed by atoms with Crippen molar-refractivity contribution in [2.75, 3.05) is 13.2 Å². The minimum atomic E-state index is -2.67. The first-order valence-corrected chi connectivity index (χ1v) is 16.4. The maximum Gasteiger partial charge on any atom is 0.354 e. The predicted molar refractivity (Wildman–Crippen MR) is 164 cm³/mol. The molecule has 1 aromatic heterocycles. The second-order valence-corrected chi connectivity index (χ2v) is 16.2. The molecule has 4 aromatic rings. The minimum absolute atomic E-state index is 0.108. The van der Waals surface area contributed by atoms with Crippen molar-refractivity contribution in [3.8, 4) is 5.75 Å². The van der Waals surface area contributed by atoms with E-state index < -0.39 is 8.32 Å². The normalized spacial score (nSPS) is 14.7. The van der Waals surface area contributed by atoms with Gasteiger partial charge < -0.3 is 18.5 Å². The molecule has 1 atom stereocenters. The van der Waals surface area contributed by atoms with E-state index in [1.54, 1.807) is 0 Å². The average molecular weight is 556 g/mol. The average Bonchev–Trinajstić information content (AvgIpc) is 3.68. The van der Waals surface area contributed by atoms with Crippen LogP contribution in [0.5, 0.6) is 5.75 Å². The molecule has 1 aliphatic rings. The van der Waals surface area contributed by atoms with E-state index in [1.807, 2.05) is 31.2 Å². The summed E-state index contributed by atoms with van der Waals surface area (Å²) in [5.74, 6) is 1.08. The Morgan fingerprint density at radius 2 is 1.57 bits per heavy atom. The molecule has 1 saturated carbocycles. The number of carbonyl (C=O) groups is 1. The number of esters is 1. The first kappa shape index (κ1) is 28.2. The third kappa shape index (κ3) is 5.61. The van der Waals surface area contributed by atoms with Crippen molar-refractivity contribution in [3.63, 3.8) is 0 Å². The lowest BCUT2D eigenvalue weighted by Gasteiger charge is -2.43. The summed E-state index contributed by atoms with van der Waals surface area (Å²) in [7, 11) is -2.67. The molecule has 0 bridgehead atoms. The second-order valence-electron chi connectivity index (χ2n) is 11.9. The molecular weight excluding hydrogens is 514 g/mol. The summed E-state index contributed by atoms with van der Waals surface area (Å²) in [6, 6.07) is 29.3. The highest BCUT2D eigenvalue weighted by Crippen LogP contribution is 2.38. The van der Waals surface area contributed by atoms with Crippen LogP contribution < -0.4 is 15.1 Å². The van der Waals surface area contributed by atoms with E-state index in [0.29, 0.717) is 24.8 Å². The highest BCUT2D eigenvalue weighted by molar-refractivity contribution is 6.99. The van der Waals surface area contributed by atoms with E-state index in [1.165, 1.54) is 23.2 Å². The summed E-state index contributed by atoms with van der Waals surface area (Å²) in [5, 5.41) is 3.38. The standard InChI is InChI=1S/C34H41NO4Si/c1-6-37-33(36)30-22-27-14-13-19-31(32(27)35(30)23-26-20-21-26)39-25(2)24-38-40(34(3,4)5,28-15-9-7-10-16-28)29-17-11-8-12-18-29/h7-19,22,25-26H,6,20-21,23-24H2,1-5H3/t25-/m1/s1. The Hall–Kier alpha value is -3.35. The zero-order valence-electron chi connectivity index (χ0n) is 24.4. The summed E-state index contributed by atoms with van der Waals surface area (Å²) in [5.41, 5.74) is 1.55. The number of rotatable bonds is 11. The topological polar surface area (TPSA) is 49.7 Å². The number of benzene rings is 3. The van der Waals surface area contributed by atoms with Crippen LogP contribution in [-0.4, -0.2) is 38.2 Å². The van der Waals surface area contributed by atoms with E-state index in [9.17, 15) is 4.79 Å². The molecule has 0 aliphatic heterocycles. The van der Waals surface area contributed by atoms with Crippen molar-refractivity contribution in [2.45, 2.75) is 65.1 Å². The van der Waals surface area contributed by atoms with Crippen molar-refractivity contribution < 1.29 is 18.7 Å². The van der Waals surface area contributed by atoms with Crippen LogP contribution in [0.15, 0.2) is 84.9 Å². The molecule has 210 valence electrons. The Morgan fingerprint density at radius 1 is 0.950 bits per heavy atom. The van der Waals surface area contributed by atoms with Gasteiger partial charge in [-0.1, -0.05) is 93.6 Å². The second kappa shape index (κ2) is 11.6.